The highest BCUT2D eigenvalue weighted by Crippen LogP contribution is 2.38. The summed E-state index contributed by atoms with van der Waals surface area (Å²) in [7, 11) is 0. The first-order chi connectivity index (χ1) is 8.54. The van der Waals surface area contributed by atoms with Crippen LogP contribution in [0.15, 0.2) is 0 Å². The van der Waals surface area contributed by atoms with Crippen molar-refractivity contribution in [2.24, 2.45) is 23.0 Å². The molecule has 0 aromatic rings. The number of hydrogen-bond donors (Lipinski definition) is 3. The van der Waals surface area contributed by atoms with Crippen molar-refractivity contribution in [3.05, 3.63) is 0 Å². The van der Waals surface area contributed by atoms with Gasteiger partial charge in [-0.15, -0.1) is 0 Å². The monoisotopic (exact) mass is 270 g/mol. The molecule has 5 heteroatoms. The van der Waals surface area contributed by atoms with Crippen molar-refractivity contribution in [1.29, 1.82) is 0 Å². The zero-order valence-electron chi connectivity index (χ0n) is 12.3. The number of aliphatic carboxylic acids is 1. The fourth-order valence-electron chi connectivity index (χ4n) is 2.26. The molecule has 0 saturated heterocycles. The van der Waals surface area contributed by atoms with Gasteiger partial charge >= 0.3 is 5.97 Å². The Morgan fingerprint density at radius 3 is 2.21 bits per heavy atom. The minimum atomic E-state index is -0.875. The van der Waals surface area contributed by atoms with E-state index in [1.54, 1.807) is 6.92 Å². The zero-order chi connectivity index (χ0) is 14.8. The highest BCUT2D eigenvalue weighted by Gasteiger charge is 2.44. The first kappa shape index (κ1) is 16.0. The van der Waals surface area contributed by atoms with E-state index in [0.717, 1.165) is 12.8 Å². The average Bonchev–Trinajstić information content (AvgIpc) is 3.05. The Balaban J connectivity index is 2.52. The summed E-state index contributed by atoms with van der Waals surface area (Å²) in [6.45, 7) is 7.83. The Bertz CT molecular complexity index is 354. The number of carbonyl (C=O) groups excluding carboxylic acids is 1. The molecule has 0 heterocycles. The quantitative estimate of drug-likeness (QED) is 0.679. The molecule has 4 N–H and O–H groups in total. The zero-order valence-corrected chi connectivity index (χ0v) is 12.3. The third kappa shape index (κ3) is 4.82. The maximum Gasteiger partial charge on any atom is 0.308 e. The Labute approximate surface area is 114 Å². The maximum absolute atomic E-state index is 12.0. The van der Waals surface area contributed by atoms with Crippen LogP contribution in [0.1, 0.15) is 47.0 Å². The van der Waals surface area contributed by atoms with E-state index in [-0.39, 0.29) is 23.8 Å². The molecule has 0 spiro atoms. The van der Waals surface area contributed by atoms with Crippen LogP contribution in [-0.2, 0) is 9.59 Å². The SMILES string of the molecule is CC(C)(C)CC(CNC(=O)C(C)(N)C1CC1)C(=O)O. The normalized spacial score (nSPS) is 20.5. The summed E-state index contributed by atoms with van der Waals surface area (Å²) in [6.07, 6.45) is 2.48. The number of hydrogen-bond acceptors (Lipinski definition) is 3. The van der Waals surface area contributed by atoms with Crippen LogP contribution >= 0.6 is 0 Å². The van der Waals surface area contributed by atoms with E-state index in [2.05, 4.69) is 5.32 Å². The van der Waals surface area contributed by atoms with Crippen LogP contribution in [0.2, 0.25) is 0 Å². The molecule has 1 aliphatic carbocycles. The lowest BCUT2D eigenvalue weighted by Crippen LogP contribution is -2.54. The van der Waals surface area contributed by atoms with Crippen LogP contribution in [0.4, 0.5) is 0 Å². The summed E-state index contributed by atoms with van der Waals surface area (Å²) in [5.41, 5.74) is 5.04. The summed E-state index contributed by atoms with van der Waals surface area (Å²) in [4.78, 5) is 23.2. The van der Waals surface area contributed by atoms with Gasteiger partial charge < -0.3 is 16.2 Å². The predicted molar refractivity (Wildman–Crippen MR) is 73.5 cm³/mol. The van der Waals surface area contributed by atoms with Crippen molar-refractivity contribution in [1.82, 2.24) is 5.32 Å². The van der Waals surface area contributed by atoms with Crippen molar-refractivity contribution in [2.75, 3.05) is 6.54 Å². The van der Waals surface area contributed by atoms with Gasteiger partial charge in [-0.05, 0) is 37.5 Å². The van der Waals surface area contributed by atoms with Crippen molar-refractivity contribution >= 4 is 11.9 Å². The second-order valence-electron chi connectivity index (χ2n) is 7.07. The Hall–Kier alpha value is -1.10. The number of amides is 1. The van der Waals surface area contributed by atoms with Crippen LogP contribution in [-0.4, -0.2) is 29.1 Å². The first-order valence-electron chi connectivity index (χ1n) is 6.84. The average molecular weight is 270 g/mol. The summed E-state index contributed by atoms with van der Waals surface area (Å²) >= 11 is 0. The molecule has 0 aliphatic heterocycles. The number of nitrogens with one attached hydrogen (secondary N) is 1. The summed E-state index contributed by atoms with van der Waals surface area (Å²) in [6, 6.07) is 0. The Kier molecular flexibility index (Phi) is 4.61. The third-order valence-electron chi connectivity index (χ3n) is 3.63. The smallest absolute Gasteiger partial charge is 0.308 e. The topological polar surface area (TPSA) is 92.4 Å². The molecule has 1 fully saturated rings. The van der Waals surface area contributed by atoms with Gasteiger partial charge in [-0.25, -0.2) is 0 Å². The van der Waals surface area contributed by atoms with E-state index >= 15 is 0 Å². The van der Waals surface area contributed by atoms with Crippen LogP contribution in [0.3, 0.4) is 0 Å². The van der Waals surface area contributed by atoms with Gasteiger partial charge in [0.15, 0.2) is 0 Å². The minimum absolute atomic E-state index is 0.0870. The van der Waals surface area contributed by atoms with E-state index in [1.807, 2.05) is 20.8 Å². The molecule has 1 saturated carbocycles. The lowest BCUT2D eigenvalue weighted by Gasteiger charge is -2.26. The lowest BCUT2D eigenvalue weighted by molar-refractivity contribution is -0.142. The summed E-state index contributed by atoms with van der Waals surface area (Å²) in [5, 5.41) is 11.9. The van der Waals surface area contributed by atoms with Gasteiger partial charge in [-0.3, -0.25) is 9.59 Å². The molecule has 1 amide bonds. The van der Waals surface area contributed by atoms with E-state index < -0.39 is 17.4 Å². The van der Waals surface area contributed by atoms with Crippen molar-refractivity contribution < 1.29 is 14.7 Å². The molecule has 1 rings (SSSR count). The Morgan fingerprint density at radius 1 is 1.32 bits per heavy atom. The number of carboxylic acid groups (broad SMARTS) is 1. The second-order valence-corrected chi connectivity index (χ2v) is 7.07. The molecule has 2 atom stereocenters. The molecule has 19 heavy (non-hydrogen) atoms. The fourth-order valence-corrected chi connectivity index (χ4v) is 2.26. The highest BCUT2D eigenvalue weighted by molar-refractivity contribution is 5.86. The van der Waals surface area contributed by atoms with Crippen LogP contribution < -0.4 is 11.1 Å². The molecule has 0 aromatic heterocycles. The van der Waals surface area contributed by atoms with E-state index in [0.29, 0.717) is 6.42 Å². The molecular formula is C14H26N2O3. The molecule has 1 aliphatic rings. The van der Waals surface area contributed by atoms with Crippen LogP contribution in [0.5, 0.6) is 0 Å². The van der Waals surface area contributed by atoms with Crippen LogP contribution in [0, 0.1) is 17.3 Å². The van der Waals surface area contributed by atoms with E-state index in [9.17, 15) is 14.7 Å². The van der Waals surface area contributed by atoms with Gasteiger partial charge in [0.1, 0.15) is 0 Å². The number of rotatable bonds is 6. The first-order valence-corrected chi connectivity index (χ1v) is 6.84. The van der Waals surface area contributed by atoms with Crippen molar-refractivity contribution in [2.45, 2.75) is 52.5 Å². The highest BCUT2D eigenvalue weighted by atomic mass is 16.4. The molecule has 0 aromatic carbocycles. The predicted octanol–water partition coefficient (Wildman–Crippen LogP) is 1.37. The van der Waals surface area contributed by atoms with Gasteiger partial charge in [0, 0.05) is 6.54 Å². The van der Waals surface area contributed by atoms with Gasteiger partial charge in [0.05, 0.1) is 11.5 Å². The van der Waals surface area contributed by atoms with Gasteiger partial charge in [-0.1, -0.05) is 20.8 Å². The van der Waals surface area contributed by atoms with E-state index in [4.69, 9.17) is 5.73 Å². The maximum atomic E-state index is 12.0. The van der Waals surface area contributed by atoms with Crippen molar-refractivity contribution in [3.63, 3.8) is 0 Å². The molecule has 0 bridgehead atoms. The number of carboxylic acids is 1. The fraction of sp³-hybridized carbons (Fsp3) is 0.857. The number of carbonyl (C=O) groups is 2. The lowest BCUT2D eigenvalue weighted by atomic mass is 9.84. The van der Waals surface area contributed by atoms with Crippen LogP contribution in [0.25, 0.3) is 0 Å². The minimum Gasteiger partial charge on any atom is -0.481 e. The molecule has 0 radical (unpaired) electrons. The molecule has 5 nitrogen and oxygen atoms in total. The molecule has 110 valence electrons. The van der Waals surface area contributed by atoms with E-state index in [1.165, 1.54) is 0 Å². The van der Waals surface area contributed by atoms with Gasteiger partial charge in [0.2, 0.25) is 5.91 Å². The second kappa shape index (κ2) is 5.49. The molecular weight excluding hydrogens is 244 g/mol. The standard InChI is InChI=1S/C14H26N2O3/c1-13(2,3)7-9(11(17)18)8-16-12(19)14(4,15)10-5-6-10/h9-10H,5-8,15H2,1-4H3,(H,16,19)(H,17,18). The van der Waals surface area contributed by atoms with Crippen molar-refractivity contribution in [3.8, 4) is 0 Å². The summed E-state index contributed by atoms with van der Waals surface area (Å²) < 4.78 is 0. The summed E-state index contributed by atoms with van der Waals surface area (Å²) in [5.74, 6) is -1.45. The van der Waals surface area contributed by atoms with Gasteiger partial charge in [-0.2, -0.15) is 0 Å². The van der Waals surface area contributed by atoms with Gasteiger partial charge in [0.25, 0.3) is 0 Å². The molecule has 2 unspecified atom stereocenters. The number of nitrogens with two attached hydrogens (primary N) is 1. The third-order valence-corrected chi connectivity index (χ3v) is 3.63. The largest absolute Gasteiger partial charge is 0.481 e. The Morgan fingerprint density at radius 2 is 1.84 bits per heavy atom.